The van der Waals surface area contributed by atoms with Gasteiger partial charge in [-0.25, -0.2) is 4.79 Å². The molecule has 0 aromatic heterocycles. The number of ether oxygens (including phenoxy) is 1. The summed E-state index contributed by atoms with van der Waals surface area (Å²) >= 11 is 0. The average molecular weight is 418 g/mol. The maximum atomic E-state index is 12.5. The lowest BCUT2D eigenvalue weighted by molar-refractivity contribution is -0.122. The Bertz CT molecular complexity index is 963. The minimum atomic E-state index is -0.727. The number of carbonyl (C=O) groups is 2. The van der Waals surface area contributed by atoms with E-state index in [1.807, 2.05) is 60.7 Å². The van der Waals surface area contributed by atoms with E-state index in [1.54, 1.807) is 24.3 Å². The van der Waals surface area contributed by atoms with Crippen molar-refractivity contribution in [2.45, 2.75) is 12.5 Å². The van der Waals surface area contributed by atoms with Gasteiger partial charge in [0.2, 0.25) is 5.91 Å². The van der Waals surface area contributed by atoms with Gasteiger partial charge in [-0.15, -0.1) is 0 Å². The van der Waals surface area contributed by atoms with Crippen molar-refractivity contribution in [1.82, 2.24) is 10.6 Å². The van der Waals surface area contributed by atoms with Gasteiger partial charge >= 0.3 is 6.03 Å². The molecule has 0 spiro atoms. The van der Waals surface area contributed by atoms with E-state index in [1.165, 1.54) is 0 Å². The van der Waals surface area contributed by atoms with Crippen molar-refractivity contribution in [3.05, 3.63) is 90.5 Å². The van der Waals surface area contributed by atoms with Crippen LogP contribution in [0.3, 0.4) is 0 Å². The first-order valence-corrected chi connectivity index (χ1v) is 10.1. The Balaban J connectivity index is 1.59. The molecule has 0 unspecified atom stereocenters. The van der Waals surface area contributed by atoms with E-state index in [2.05, 4.69) is 16.0 Å². The number of hydrogen-bond donors (Lipinski definition) is 4. The van der Waals surface area contributed by atoms with Crippen LogP contribution in [0.2, 0.25) is 0 Å². The number of amides is 3. The fourth-order valence-corrected chi connectivity index (χ4v) is 2.93. The molecule has 0 saturated heterocycles. The third-order valence-electron chi connectivity index (χ3n) is 4.44. The summed E-state index contributed by atoms with van der Waals surface area (Å²) in [5.74, 6) is 1.10. The molecular weight excluding hydrogens is 392 g/mol. The van der Waals surface area contributed by atoms with Gasteiger partial charge in [-0.1, -0.05) is 48.5 Å². The minimum absolute atomic E-state index is 0.281. The van der Waals surface area contributed by atoms with Crippen LogP contribution in [0.25, 0.3) is 0 Å². The maximum absolute atomic E-state index is 12.5. The molecule has 7 nitrogen and oxygen atoms in total. The summed E-state index contributed by atoms with van der Waals surface area (Å²) in [6, 6.07) is 24.7. The molecule has 3 aromatic carbocycles. The Morgan fingerprint density at radius 1 is 0.839 bits per heavy atom. The van der Waals surface area contributed by atoms with Gasteiger partial charge in [-0.05, 0) is 42.0 Å². The number of rotatable bonds is 9. The normalized spacial score (nSPS) is 11.3. The highest BCUT2D eigenvalue weighted by Crippen LogP contribution is 2.22. The van der Waals surface area contributed by atoms with Crippen molar-refractivity contribution in [3.63, 3.8) is 0 Å². The van der Waals surface area contributed by atoms with Gasteiger partial charge in [0, 0.05) is 25.2 Å². The number of nitrogens with one attached hydrogen (secondary N) is 3. The van der Waals surface area contributed by atoms with E-state index < -0.39 is 12.1 Å². The first kappa shape index (κ1) is 21.9. The van der Waals surface area contributed by atoms with Crippen molar-refractivity contribution in [2.24, 2.45) is 5.73 Å². The molecule has 0 radical (unpaired) electrons. The van der Waals surface area contributed by atoms with Crippen molar-refractivity contribution in [2.75, 3.05) is 18.4 Å². The minimum Gasteiger partial charge on any atom is -0.457 e. The van der Waals surface area contributed by atoms with Crippen LogP contribution in [0.1, 0.15) is 5.56 Å². The summed E-state index contributed by atoms with van der Waals surface area (Å²) in [5.41, 5.74) is 6.99. The van der Waals surface area contributed by atoms with Crippen LogP contribution in [0.4, 0.5) is 10.5 Å². The SMILES string of the molecule is NCCNC(=O)[C@H](Cc1ccccc1)NC(=O)Nc1ccc(Oc2ccccc2)cc1. The van der Waals surface area contributed by atoms with Crippen molar-refractivity contribution in [3.8, 4) is 11.5 Å². The van der Waals surface area contributed by atoms with Gasteiger partial charge < -0.3 is 26.4 Å². The number of carbonyl (C=O) groups excluding carboxylic acids is 2. The van der Waals surface area contributed by atoms with E-state index in [4.69, 9.17) is 10.5 Å². The zero-order chi connectivity index (χ0) is 21.9. The molecule has 0 aliphatic rings. The number of hydrogen-bond acceptors (Lipinski definition) is 4. The molecule has 0 bridgehead atoms. The van der Waals surface area contributed by atoms with Gasteiger partial charge in [-0.2, -0.15) is 0 Å². The Morgan fingerprint density at radius 2 is 1.45 bits per heavy atom. The topological polar surface area (TPSA) is 105 Å². The summed E-state index contributed by atoms with van der Waals surface area (Å²) in [4.78, 5) is 25.0. The average Bonchev–Trinajstić information content (AvgIpc) is 2.79. The molecule has 1 atom stereocenters. The second kappa shape index (κ2) is 11.4. The Morgan fingerprint density at radius 3 is 2.10 bits per heavy atom. The van der Waals surface area contributed by atoms with Crippen molar-refractivity contribution >= 4 is 17.6 Å². The van der Waals surface area contributed by atoms with Crippen molar-refractivity contribution in [1.29, 1.82) is 0 Å². The molecule has 5 N–H and O–H groups in total. The molecule has 3 amide bonds. The first-order valence-electron chi connectivity index (χ1n) is 10.1. The van der Waals surface area contributed by atoms with Crippen LogP contribution in [-0.4, -0.2) is 31.1 Å². The van der Waals surface area contributed by atoms with Gasteiger partial charge in [0.25, 0.3) is 0 Å². The smallest absolute Gasteiger partial charge is 0.319 e. The Labute approximate surface area is 181 Å². The Hall–Kier alpha value is -3.84. The molecule has 0 saturated carbocycles. The van der Waals surface area contributed by atoms with E-state index in [0.29, 0.717) is 30.9 Å². The lowest BCUT2D eigenvalue weighted by Crippen LogP contribution is -2.50. The van der Waals surface area contributed by atoms with Gasteiger partial charge in [-0.3, -0.25) is 4.79 Å². The largest absolute Gasteiger partial charge is 0.457 e. The van der Waals surface area contributed by atoms with Crippen LogP contribution in [0.15, 0.2) is 84.9 Å². The number of benzene rings is 3. The summed E-state index contributed by atoms with van der Waals surface area (Å²) in [5, 5.41) is 8.22. The summed E-state index contributed by atoms with van der Waals surface area (Å²) < 4.78 is 5.75. The predicted octanol–water partition coefficient (Wildman–Crippen LogP) is 3.29. The summed E-state index contributed by atoms with van der Waals surface area (Å²) in [6.45, 7) is 0.670. The van der Waals surface area contributed by atoms with Crippen LogP contribution in [0.5, 0.6) is 11.5 Å². The zero-order valence-corrected chi connectivity index (χ0v) is 17.1. The molecule has 31 heavy (non-hydrogen) atoms. The van der Waals surface area contributed by atoms with Crippen LogP contribution < -0.4 is 26.4 Å². The monoisotopic (exact) mass is 418 g/mol. The third-order valence-corrected chi connectivity index (χ3v) is 4.44. The lowest BCUT2D eigenvalue weighted by atomic mass is 10.1. The van der Waals surface area contributed by atoms with E-state index in [0.717, 1.165) is 11.3 Å². The molecule has 0 heterocycles. The molecule has 3 rings (SSSR count). The second-order valence-corrected chi connectivity index (χ2v) is 6.86. The van der Waals surface area contributed by atoms with E-state index >= 15 is 0 Å². The van der Waals surface area contributed by atoms with Crippen LogP contribution >= 0.6 is 0 Å². The zero-order valence-electron chi connectivity index (χ0n) is 17.1. The highest BCUT2D eigenvalue weighted by molar-refractivity contribution is 5.93. The summed E-state index contributed by atoms with van der Waals surface area (Å²) in [6.07, 6.45) is 0.370. The highest BCUT2D eigenvalue weighted by atomic mass is 16.5. The fourth-order valence-electron chi connectivity index (χ4n) is 2.93. The quantitative estimate of drug-likeness (QED) is 0.428. The number of anilines is 1. The maximum Gasteiger partial charge on any atom is 0.319 e. The lowest BCUT2D eigenvalue weighted by Gasteiger charge is -2.19. The molecule has 7 heteroatoms. The summed E-state index contributed by atoms with van der Waals surface area (Å²) in [7, 11) is 0. The fraction of sp³-hybridized carbons (Fsp3) is 0.167. The van der Waals surface area contributed by atoms with Gasteiger partial charge in [0.15, 0.2) is 0 Å². The first-order chi connectivity index (χ1) is 15.1. The number of urea groups is 1. The standard InChI is InChI=1S/C24H26N4O3/c25-15-16-26-23(29)22(17-18-7-3-1-4-8-18)28-24(30)27-19-11-13-21(14-12-19)31-20-9-5-2-6-10-20/h1-14,22H,15-17,25H2,(H,26,29)(H2,27,28,30)/t22-/m0/s1. The van der Waals surface area contributed by atoms with Crippen LogP contribution in [-0.2, 0) is 11.2 Å². The molecule has 0 aliphatic carbocycles. The van der Waals surface area contributed by atoms with Gasteiger partial charge in [0.05, 0.1) is 0 Å². The molecule has 0 aliphatic heterocycles. The number of para-hydroxylation sites is 1. The molecular formula is C24H26N4O3. The molecule has 0 fully saturated rings. The van der Waals surface area contributed by atoms with Crippen molar-refractivity contribution < 1.29 is 14.3 Å². The highest BCUT2D eigenvalue weighted by Gasteiger charge is 2.21. The molecule has 3 aromatic rings. The predicted molar refractivity (Wildman–Crippen MR) is 121 cm³/mol. The third kappa shape index (κ3) is 7.17. The Kier molecular flexibility index (Phi) is 8.02. The second-order valence-electron chi connectivity index (χ2n) is 6.86. The van der Waals surface area contributed by atoms with E-state index in [-0.39, 0.29) is 5.91 Å². The van der Waals surface area contributed by atoms with Gasteiger partial charge in [0.1, 0.15) is 17.5 Å². The van der Waals surface area contributed by atoms with E-state index in [9.17, 15) is 9.59 Å². The number of nitrogens with two attached hydrogens (primary N) is 1. The van der Waals surface area contributed by atoms with Crippen LogP contribution in [0, 0.1) is 0 Å². The molecule has 160 valence electrons.